The quantitative estimate of drug-likeness (QED) is 0.336. The van der Waals surface area contributed by atoms with Crippen molar-refractivity contribution in [2.24, 2.45) is 40.4 Å². The van der Waals surface area contributed by atoms with Gasteiger partial charge in [-0.05, 0) is 130 Å². The molecule has 4 saturated carbocycles. The molecule has 7 nitrogen and oxygen atoms in total. The minimum Gasteiger partial charge on any atom is -0.473 e. The zero-order chi connectivity index (χ0) is 27.8. The summed E-state index contributed by atoms with van der Waals surface area (Å²) in [4.78, 5) is 32.6. The topological polar surface area (TPSA) is 104 Å². The maximum absolute atomic E-state index is 11.8. The van der Waals surface area contributed by atoms with Crippen LogP contribution in [0.25, 0.3) is 0 Å². The molecule has 5 fully saturated rings. The van der Waals surface area contributed by atoms with Crippen LogP contribution in [-0.4, -0.2) is 70.3 Å². The predicted molar refractivity (Wildman–Crippen MR) is 151 cm³/mol. The number of cyclic esters (lactones) is 1. The van der Waals surface area contributed by atoms with E-state index >= 15 is 0 Å². The first-order valence-corrected chi connectivity index (χ1v) is 16.3. The number of carboxylic acid groups (broad SMARTS) is 2. The number of ether oxygens (including phenoxy) is 1. The third-order valence-electron chi connectivity index (χ3n) is 11.9. The minimum absolute atomic E-state index is 0.103. The van der Waals surface area contributed by atoms with Crippen LogP contribution in [0.5, 0.6) is 0 Å². The highest BCUT2D eigenvalue weighted by Crippen LogP contribution is 2.68. The highest BCUT2D eigenvalue weighted by molar-refractivity contribution is 7.99. The van der Waals surface area contributed by atoms with Gasteiger partial charge < -0.3 is 19.8 Å². The van der Waals surface area contributed by atoms with Crippen LogP contribution < -0.4 is 0 Å². The number of hydrogen-bond acceptors (Lipinski definition) is 6. The molecule has 0 radical (unpaired) electrons. The van der Waals surface area contributed by atoms with Crippen molar-refractivity contribution < 1.29 is 29.3 Å². The summed E-state index contributed by atoms with van der Waals surface area (Å²) in [6, 6.07) is 0. The second-order valence-corrected chi connectivity index (χ2v) is 15.0. The Kier molecular flexibility index (Phi) is 8.73. The average Bonchev–Trinajstić information content (AvgIpc) is 3.64. The van der Waals surface area contributed by atoms with E-state index in [1.165, 1.54) is 102 Å². The largest absolute Gasteiger partial charge is 0.473 e. The number of hydrogen-bond donors (Lipinski definition) is 2. The lowest BCUT2D eigenvalue weighted by Gasteiger charge is -2.61. The number of thioether (sulfide) groups is 1. The van der Waals surface area contributed by atoms with Crippen LogP contribution in [0, 0.1) is 40.4 Å². The molecule has 0 spiro atoms. The average molecular weight is 562 g/mol. The highest BCUT2D eigenvalue weighted by Gasteiger charge is 2.60. The van der Waals surface area contributed by atoms with Crippen LogP contribution in [0.15, 0.2) is 11.6 Å². The number of carbonyl (C=O) groups is 3. The van der Waals surface area contributed by atoms with Crippen LogP contribution in [0.1, 0.15) is 84.5 Å². The van der Waals surface area contributed by atoms with Crippen molar-refractivity contribution in [1.29, 1.82) is 0 Å². The molecule has 0 bridgehead atoms. The first-order valence-electron chi connectivity index (χ1n) is 15.3. The number of esters is 1. The monoisotopic (exact) mass is 561 g/mol. The second-order valence-electron chi connectivity index (χ2n) is 13.6. The molecule has 4 aliphatic carbocycles. The Balaban J connectivity index is 0.000000465. The third-order valence-corrected chi connectivity index (χ3v) is 13.2. The van der Waals surface area contributed by atoms with Gasteiger partial charge in [0.15, 0.2) is 0 Å². The van der Waals surface area contributed by atoms with Gasteiger partial charge in [-0.1, -0.05) is 13.8 Å². The fourth-order valence-corrected chi connectivity index (χ4v) is 11.3. The Hall–Kier alpha value is -1.54. The molecule has 1 saturated heterocycles. The van der Waals surface area contributed by atoms with Crippen molar-refractivity contribution >= 4 is 29.7 Å². The lowest BCUT2D eigenvalue weighted by atomic mass is 9.44. The highest BCUT2D eigenvalue weighted by atomic mass is 32.2. The van der Waals surface area contributed by atoms with E-state index in [1.54, 1.807) is 0 Å². The van der Waals surface area contributed by atoms with E-state index in [0.717, 1.165) is 28.9 Å². The zero-order valence-corrected chi connectivity index (χ0v) is 24.6. The van der Waals surface area contributed by atoms with Gasteiger partial charge >= 0.3 is 17.9 Å². The molecule has 2 aliphatic heterocycles. The van der Waals surface area contributed by atoms with Gasteiger partial charge in [0.05, 0.1) is 0 Å². The summed E-state index contributed by atoms with van der Waals surface area (Å²) in [7, 11) is 0. The van der Waals surface area contributed by atoms with Crippen LogP contribution in [0.4, 0.5) is 0 Å². The molecule has 2 heterocycles. The van der Waals surface area contributed by atoms with E-state index in [1.807, 2.05) is 6.08 Å². The molecule has 0 unspecified atom stereocenters. The van der Waals surface area contributed by atoms with Gasteiger partial charge in [-0.15, -0.1) is 0 Å². The second kappa shape index (κ2) is 11.8. The maximum Gasteiger partial charge on any atom is 0.414 e. The molecule has 0 aromatic heterocycles. The van der Waals surface area contributed by atoms with E-state index in [-0.39, 0.29) is 5.97 Å². The number of fused-ring (bicyclic) bond motifs is 5. The molecular weight excluding hydrogens is 514 g/mol. The van der Waals surface area contributed by atoms with Crippen LogP contribution >= 0.6 is 11.8 Å². The summed E-state index contributed by atoms with van der Waals surface area (Å²) in [5.74, 6) is 1.88. The number of carboxylic acids is 2. The Morgan fingerprint density at radius 1 is 0.974 bits per heavy atom. The van der Waals surface area contributed by atoms with Gasteiger partial charge in [-0.25, -0.2) is 14.4 Å². The molecule has 8 heteroatoms. The lowest BCUT2D eigenvalue weighted by Crippen LogP contribution is -2.53. The van der Waals surface area contributed by atoms with E-state index in [9.17, 15) is 4.79 Å². The molecule has 6 aliphatic rings. The Morgan fingerprint density at radius 3 is 2.33 bits per heavy atom. The number of aliphatic carboxylic acids is 2. The van der Waals surface area contributed by atoms with Crippen molar-refractivity contribution in [3.05, 3.63) is 11.6 Å². The van der Waals surface area contributed by atoms with Crippen LogP contribution in [0.2, 0.25) is 0 Å². The van der Waals surface area contributed by atoms with E-state index in [0.29, 0.717) is 23.4 Å². The fourth-order valence-electron chi connectivity index (χ4n) is 9.92. The van der Waals surface area contributed by atoms with Crippen molar-refractivity contribution in [3.8, 4) is 0 Å². The maximum atomic E-state index is 11.8. The summed E-state index contributed by atoms with van der Waals surface area (Å²) >= 11 is 2.31. The molecule has 0 aromatic rings. The minimum atomic E-state index is -1.82. The summed E-state index contributed by atoms with van der Waals surface area (Å²) < 4.78 is 5.33. The zero-order valence-electron chi connectivity index (χ0n) is 23.7. The Morgan fingerprint density at radius 2 is 1.67 bits per heavy atom. The first-order chi connectivity index (χ1) is 18.6. The first kappa shape index (κ1) is 29.0. The lowest BCUT2D eigenvalue weighted by molar-refractivity contribution is -0.159. The SMILES string of the molecule is C[C@]12CC[C@H](SCCN3CCCC3)C[C@H]1CC[C@@H]1[C@@H]2CC[C@]2(C)[C@@H](C3=CC(=O)OC3)CC[C@@H]12.O=C(O)C(=O)O. The molecule has 0 amide bonds. The number of likely N-dealkylation sites (tertiary alicyclic amines) is 1. The molecule has 2 N–H and O–H groups in total. The standard InChI is InChI=1S/C29H45NO2S.C2H2O4/c1-28-11-9-22(33-16-15-30-13-3-4-14-30)18-21(28)5-6-23-25-8-7-24(20-17-27(31)32-19-20)29(25,2)12-10-26(23)28;3-1(4)2(5)6/h17,21-26H,3-16,18-19H2,1-2H3;(H,3,4)(H,5,6)/t21-,22+,23+,24-,25+,26+,28+,29-;/m1./s1. The van der Waals surface area contributed by atoms with Crippen molar-refractivity contribution in [2.75, 3.05) is 32.0 Å². The van der Waals surface area contributed by atoms with Gasteiger partial charge in [-0.3, -0.25) is 0 Å². The van der Waals surface area contributed by atoms with Crippen LogP contribution in [0.3, 0.4) is 0 Å². The van der Waals surface area contributed by atoms with Gasteiger partial charge in [0, 0.05) is 23.6 Å². The molecule has 39 heavy (non-hydrogen) atoms. The smallest absolute Gasteiger partial charge is 0.414 e. The van der Waals surface area contributed by atoms with Gasteiger partial charge in [-0.2, -0.15) is 11.8 Å². The number of nitrogens with zero attached hydrogens (tertiary/aromatic N) is 1. The normalized spacial score (nSPS) is 41.4. The van der Waals surface area contributed by atoms with Gasteiger partial charge in [0.2, 0.25) is 0 Å². The fraction of sp³-hybridized carbons (Fsp3) is 0.839. The molecule has 6 rings (SSSR count). The predicted octanol–water partition coefficient (Wildman–Crippen LogP) is 5.48. The van der Waals surface area contributed by atoms with Gasteiger partial charge in [0.25, 0.3) is 0 Å². The Bertz CT molecular complexity index is 966. The van der Waals surface area contributed by atoms with Crippen molar-refractivity contribution in [2.45, 2.75) is 89.7 Å². The summed E-state index contributed by atoms with van der Waals surface area (Å²) in [6.45, 7) is 9.87. The Labute approximate surface area is 237 Å². The molecular formula is C31H47NO6S. The third kappa shape index (κ3) is 5.79. The molecule has 8 atom stereocenters. The van der Waals surface area contributed by atoms with E-state index in [4.69, 9.17) is 24.5 Å². The van der Waals surface area contributed by atoms with Crippen LogP contribution in [-0.2, 0) is 19.1 Å². The number of rotatable bonds is 5. The summed E-state index contributed by atoms with van der Waals surface area (Å²) in [5.41, 5.74) is 2.29. The molecule has 0 aromatic carbocycles. The van der Waals surface area contributed by atoms with E-state index in [2.05, 4.69) is 30.5 Å². The van der Waals surface area contributed by atoms with Gasteiger partial charge in [0.1, 0.15) is 6.61 Å². The molecule has 218 valence electrons. The summed E-state index contributed by atoms with van der Waals surface area (Å²) in [6.07, 6.45) is 17.5. The van der Waals surface area contributed by atoms with Crippen molar-refractivity contribution in [1.82, 2.24) is 4.90 Å². The summed E-state index contributed by atoms with van der Waals surface area (Å²) in [5, 5.41) is 15.7. The van der Waals surface area contributed by atoms with E-state index < -0.39 is 11.9 Å². The van der Waals surface area contributed by atoms with Crippen molar-refractivity contribution in [3.63, 3.8) is 0 Å². The number of carbonyl (C=O) groups excluding carboxylic acids is 1.